The molecule has 21 heavy (non-hydrogen) atoms. The largest absolute Gasteiger partial charge is 0.394 e. The van der Waals surface area contributed by atoms with Crippen LogP contribution in [0, 0.1) is 11.8 Å². The van der Waals surface area contributed by atoms with Crippen molar-refractivity contribution in [2.75, 3.05) is 12.3 Å². The van der Waals surface area contributed by atoms with Gasteiger partial charge in [-0.2, -0.15) is 4.98 Å². The van der Waals surface area contributed by atoms with E-state index in [0.29, 0.717) is 5.65 Å². The Morgan fingerprint density at radius 3 is 2.76 bits per heavy atom. The fourth-order valence-corrected chi connectivity index (χ4v) is 3.57. The molecule has 0 unspecified atom stereocenters. The van der Waals surface area contributed by atoms with E-state index >= 15 is 0 Å². The highest BCUT2D eigenvalue weighted by Crippen LogP contribution is 2.39. The normalized spacial score (nSPS) is 29.3. The predicted molar refractivity (Wildman–Crippen MR) is 78.2 cm³/mol. The Labute approximate surface area is 123 Å². The van der Waals surface area contributed by atoms with Gasteiger partial charge in [-0.15, -0.1) is 0 Å². The molecule has 9 heteroatoms. The van der Waals surface area contributed by atoms with E-state index in [0.717, 1.165) is 11.3 Å². The Bertz CT molecular complexity index is 795. The van der Waals surface area contributed by atoms with Gasteiger partial charge in [0.05, 0.1) is 12.7 Å². The first-order valence-corrected chi connectivity index (χ1v) is 7.42. The molecular weight excluding hydrogens is 296 g/mol. The predicted octanol–water partition coefficient (Wildman–Crippen LogP) is -0.110. The van der Waals surface area contributed by atoms with Crippen LogP contribution in [0.15, 0.2) is 9.59 Å². The molecule has 2 aromatic heterocycles. The zero-order valence-electron chi connectivity index (χ0n) is 11.6. The zero-order chi connectivity index (χ0) is 15.3. The molecule has 1 aliphatic rings. The number of nitrogens with zero attached hydrogens (tertiary/aromatic N) is 2. The lowest BCUT2D eigenvalue weighted by Crippen LogP contribution is -2.24. The third-order valence-electron chi connectivity index (χ3n) is 4.12. The number of nitrogen functional groups attached to an aromatic ring is 1. The fraction of sp³-hybridized carbons (Fsp3) is 0.583. The summed E-state index contributed by atoms with van der Waals surface area (Å²) in [5.74, 6) is 0.0553. The van der Waals surface area contributed by atoms with Gasteiger partial charge < -0.3 is 20.6 Å². The SMILES string of the molecule is C[C@@H]1[C@H](C)[C@@H](CO)O[C@H]1n1c(=O)sc2c(=O)nc(N)[nH]c21. The van der Waals surface area contributed by atoms with Crippen LogP contribution in [0.3, 0.4) is 0 Å². The lowest BCUT2D eigenvalue weighted by molar-refractivity contribution is -0.0344. The molecule has 4 atom stereocenters. The van der Waals surface area contributed by atoms with Crippen molar-refractivity contribution < 1.29 is 9.84 Å². The molecule has 0 aromatic carbocycles. The minimum Gasteiger partial charge on any atom is -0.394 e. The molecule has 4 N–H and O–H groups in total. The highest BCUT2D eigenvalue weighted by molar-refractivity contribution is 7.16. The summed E-state index contributed by atoms with van der Waals surface area (Å²) in [7, 11) is 0. The molecule has 1 aliphatic heterocycles. The molecule has 0 bridgehead atoms. The van der Waals surface area contributed by atoms with Crippen molar-refractivity contribution in [2.24, 2.45) is 11.8 Å². The average molecular weight is 312 g/mol. The number of fused-ring (bicyclic) bond motifs is 1. The van der Waals surface area contributed by atoms with E-state index in [4.69, 9.17) is 10.5 Å². The van der Waals surface area contributed by atoms with E-state index in [-0.39, 0.29) is 40.1 Å². The molecule has 3 rings (SSSR count). The number of hydrogen-bond donors (Lipinski definition) is 3. The molecule has 3 heterocycles. The Balaban J connectivity index is 2.20. The van der Waals surface area contributed by atoms with Gasteiger partial charge in [0, 0.05) is 5.92 Å². The molecule has 8 nitrogen and oxygen atoms in total. The van der Waals surface area contributed by atoms with E-state index < -0.39 is 11.8 Å². The van der Waals surface area contributed by atoms with Crippen LogP contribution in [0.4, 0.5) is 5.95 Å². The topological polar surface area (TPSA) is 123 Å². The minimum atomic E-state index is -0.546. The molecular formula is C12H16N4O4S. The highest BCUT2D eigenvalue weighted by Gasteiger charge is 2.41. The van der Waals surface area contributed by atoms with Gasteiger partial charge in [0.2, 0.25) is 5.95 Å². The van der Waals surface area contributed by atoms with E-state index in [2.05, 4.69) is 9.97 Å². The maximum atomic E-state index is 12.2. The zero-order valence-corrected chi connectivity index (χ0v) is 12.4. The third kappa shape index (κ3) is 2.08. The van der Waals surface area contributed by atoms with Crippen molar-refractivity contribution in [1.29, 1.82) is 0 Å². The van der Waals surface area contributed by atoms with Crippen molar-refractivity contribution in [3.8, 4) is 0 Å². The molecule has 1 fully saturated rings. The first-order chi connectivity index (χ1) is 9.93. The standard InChI is InChI=1S/C12H16N4O4S/c1-4-5(2)10(20-6(4)3-17)16-8-7(21-12(16)19)9(18)15-11(13)14-8/h4-6,10,17H,3H2,1-2H3,(H3,13,14,15,18)/t4-,5+,6+,10+/m0/s1. The van der Waals surface area contributed by atoms with E-state index in [1.165, 1.54) is 4.57 Å². The number of thiazole rings is 1. The number of ether oxygens (including phenoxy) is 1. The number of H-pyrrole nitrogens is 1. The number of anilines is 1. The maximum absolute atomic E-state index is 12.2. The molecule has 1 saturated heterocycles. The van der Waals surface area contributed by atoms with Crippen molar-refractivity contribution in [3.63, 3.8) is 0 Å². The molecule has 2 aromatic rings. The van der Waals surface area contributed by atoms with Crippen LogP contribution in [0.25, 0.3) is 10.3 Å². The van der Waals surface area contributed by atoms with Crippen molar-refractivity contribution >= 4 is 27.6 Å². The van der Waals surface area contributed by atoms with Gasteiger partial charge >= 0.3 is 4.87 Å². The highest BCUT2D eigenvalue weighted by atomic mass is 32.1. The van der Waals surface area contributed by atoms with Crippen molar-refractivity contribution in [1.82, 2.24) is 14.5 Å². The summed E-state index contributed by atoms with van der Waals surface area (Å²) >= 11 is 0.816. The second-order valence-electron chi connectivity index (χ2n) is 5.31. The number of aromatic amines is 1. The maximum Gasteiger partial charge on any atom is 0.311 e. The molecule has 0 amide bonds. The lowest BCUT2D eigenvalue weighted by Gasteiger charge is -2.17. The summed E-state index contributed by atoms with van der Waals surface area (Å²) in [6.45, 7) is 3.80. The first kappa shape index (κ1) is 14.2. The van der Waals surface area contributed by atoms with Gasteiger partial charge in [-0.25, -0.2) is 0 Å². The summed E-state index contributed by atoms with van der Waals surface area (Å²) < 4.78 is 7.41. The van der Waals surface area contributed by atoms with Crippen LogP contribution >= 0.6 is 11.3 Å². The molecule has 0 saturated carbocycles. The van der Waals surface area contributed by atoms with E-state index in [1.807, 2.05) is 13.8 Å². The number of hydrogen-bond acceptors (Lipinski definition) is 7. The van der Waals surface area contributed by atoms with Crippen LogP contribution < -0.4 is 16.2 Å². The monoisotopic (exact) mass is 312 g/mol. The fourth-order valence-electron chi connectivity index (χ4n) is 2.72. The number of rotatable bonds is 2. The van der Waals surface area contributed by atoms with Gasteiger partial charge in [0.25, 0.3) is 5.56 Å². The van der Waals surface area contributed by atoms with Crippen molar-refractivity contribution in [3.05, 3.63) is 20.0 Å². The molecule has 0 radical (unpaired) electrons. The second-order valence-corrected chi connectivity index (χ2v) is 6.27. The van der Waals surface area contributed by atoms with Gasteiger partial charge in [-0.3, -0.25) is 14.2 Å². The Morgan fingerprint density at radius 2 is 2.14 bits per heavy atom. The lowest BCUT2D eigenvalue weighted by atomic mass is 9.93. The van der Waals surface area contributed by atoms with Gasteiger partial charge in [-0.05, 0) is 5.92 Å². The molecule has 0 spiro atoms. The number of aliphatic hydroxyl groups is 1. The van der Waals surface area contributed by atoms with Crippen LogP contribution in [-0.2, 0) is 4.74 Å². The quantitative estimate of drug-likeness (QED) is 0.711. The van der Waals surface area contributed by atoms with Gasteiger partial charge in [0.1, 0.15) is 16.6 Å². The smallest absolute Gasteiger partial charge is 0.311 e. The number of aromatic nitrogens is 3. The second kappa shape index (κ2) is 4.93. The Hall–Kier alpha value is -1.71. The summed E-state index contributed by atoms with van der Waals surface area (Å²) in [4.78, 5) is 30.1. The molecule has 114 valence electrons. The van der Waals surface area contributed by atoms with Crippen LogP contribution in [0.1, 0.15) is 20.1 Å². The minimum absolute atomic E-state index is 0.00976. The Kier molecular flexibility index (Phi) is 3.34. The third-order valence-corrected chi connectivity index (χ3v) is 5.06. The van der Waals surface area contributed by atoms with E-state index in [1.54, 1.807) is 0 Å². The number of nitrogens with two attached hydrogens (primary N) is 1. The summed E-state index contributed by atoms with van der Waals surface area (Å²) in [6, 6.07) is 0. The van der Waals surface area contributed by atoms with Crippen LogP contribution in [-0.4, -0.2) is 32.4 Å². The van der Waals surface area contributed by atoms with E-state index in [9.17, 15) is 14.7 Å². The number of nitrogens with one attached hydrogen (secondary N) is 1. The first-order valence-electron chi connectivity index (χ1n) is 6.61. The Morgan fingerprint density at radius 1 is 1.43 bits per heavy atom. The average Bonchev–Trinajstić information content (AvgIpc) is 2.89. The van der Waals surface area contributed by atoms with Crippen molar-refractivity contribution in [2.45, 2.75) is 26.2 Å². The number of aliphatic hydroxyl groups excluding tert-OH is 1. The van der Waals surface area contributed by atoms with Crippen LogP contribution in [0.5, 0.6) is 0 Å². The van der Waals surface area contributed by atoms with Gasteiger partial charge in [-0.1, -0.05) is 25.2 Å². The molecule has 0 aliphatic carbocycles. The summed E-state index contributed by atoms with van der Waals surface area (Å²) in [5.41, 5.74) is 5.35. The summed E-state index contributed by atoms with van der Waals surface area (Å²) in [5, 5.41) is 9.34. The summed E-state index contributed by atoms with van der Waals surface area (Å²) in [6.07, 6.45) is -0.881. The van der Waals surface area contributed by atoms with Crippen LogP contribution in [0.2, 0.25) is 0 Å². The van der Waals surface area contributed by atoms with Gasteiger partial charge in [0.15, 0.2) is 0 Å².